The van der Waals surface area contributed by atoms with E-state index in [9.17, 15) is 19.2 Å². The Kier molecular flexibility index (Phi) is 15.0. The number of carbonyl (C=O) groups is 4. The van der Waals surface area contributed by atoms with Crippen molar-refractivity contribution in [3.63, 3.8) is 0 Å². The molecule has 3 aromatic rings. The zero-order chi connectivity index (χ0) is 37.3. The first-order chi connectivity index (χ1) is 25.1. The molecule has 0 heterocycles. The standard InChI is InChI=1S/C42H46O10/c1-5-12-38(44)50-28-8-7-25-47-29-30-15-17-31(18-16-30)40(45)51-35-23-24-42(3,4)39-34(35)13-11-14-36(39)52-41(46)32-19-21-33(22-20-32)48-26-9-10-27-49-37(43)6-2/h5-6,11-23H,2,7-10,24-29H2,1,3-4H3/b12-5+. The van der Waals surface area contributed by atoms with Crippen molar-refractivity contribution in [2.45, 2.75) is 64.9 Å². The summed E-state index contributed by atoms with van der Waals surface area (Å²) in [4.78, 5) is 48.9. The van der Waals surface area contributed by atoms with Crippen LogP contribution in [0, 0.1) is 0 Å². The minimum absolute atomic E-state index is 0.298. The third-order valence-electron chi connectivity index (χ3n) is 8.17. The molecular weight excluding hydrogens is 664 g/mol. The van der Waals surface area contributed by atoms with Gasteiger partial charge in [0.15, 0.2) is 0 Å². The molecule has 0 aromatic heterocycles. The lowest BCUT2D eigenvalue weighted by molar-refractivity contribution is -0.138. The lowest BCUT2D eigenvalue weighted by Gasteiger charge is -2.32. The molecule has 10 heteroatoms. The van der Waals surface area contributed by atoms with Gasteiger partial charge in [0.1, 0.15) is 17.3 Å². The number of fused-ring (bicyclic) bond motifs is 1. The van der Waals surface area contributed by atoms with E-state index in [-0.39, 0.29) is 5.97 Å². The number of esters is 4. The fourth-order valence-electron chi connectivity index (χ4n) is 5.40. The SMILES string of the molecule is C=CC(=O)OCCCCOc1ccc(C(=O)Oc2cccc3c2C(C)(C)CC=C3OC(=O)c2ccc(COCCCCOC(=O)/C=C/C)cc2)cc1. The molecule has 52 heavy (non-hydrogen) atoms. The highest BCUT2D eigenvalue weighted by Gasteiger charge is 2.34. The van der Waals surface area contributed by atoms with Crippen molar-refractivity contribution in [1.29, 1.82) is 0 Å². The van der Waals surface area contributed by atoms with Crippen molar-refractivity contribution < 1.29 is 47.6 Å². The summed E-state index contributed by atoms with van der Waals surface area (Å²) in [7, 11) is 0. The second-order valence-electron chi connectivity index (χ2n) is 12.7. The van der Waals surface area contributed by atoms with Crippen LogP contribution >= 0.6 is 0 Å². The van der Waals surface area contributed by atoms with Crippen molar-refractivity contribution >= 4 is 29.6 Å². The quantitative estimate of drug-likeness (QED) is 0.0397. The molecule has 0 amide bonds. The Hall–Kier alpha value is -5.48. The maximum atomic E-state index is 13.2. The van der Waals surface area contributed by atoms with E-state index in [1.165, 1.54) is 6.08 Å². The Bertz CT molecular complexity index is 1750. The van der Waals surface area contributed by atoms with Gasteiger partial charge in [-0.05, 0) is 98.5 Å². The third-order valence-corrected chi connectivity index (χ3v) is 8.17. The van der Waals surface area contributed by atoms with Crippen LogP contribution in [0.2, 0.25) is 0 Å². The molecule has 0 bridgehead atoms. The lowest BCUT2D eigenvalue weighted by atomic mass is 9.74. The maximum Gasteiger partial charge on any atom is 0.343 e. The van der Waals surface area contributed by atoms with Crippen molar-refractivity contribution in [3.05, 3.63) is 125 Å². The van der Waals surface area contributed by atoms with Gasteiger partial charge < -0.3 is 28.4 Å². The molecule has 274 valence electrons. The normalized spacial score (nSPS) is 13.0. The van der Waals surface area contributed by atoms with Crippen LogP contribution in [-0.4, -0.2) is 50.3 Å². The molecule has 0 unspecified atom stereocenters. The Morgan fingerprint density at radius 1 is 0.750 bits per heavy atom. The summed E-state index contributed by atoms with van der Waals surface area (Å²) in [5, 5.41) is 0. The zero-order valence-electron chi connectivity index (χ0n) is 30.0. The van der Waals surface area contributed by atoms with Gasteiger partial charge in [0.2, 0.25) is 0 Å². The minimum atomic E-state index is -0.525. The molecule has 4 rings (SSSR count). The van der Waals surface area contributed by atoms with Crippen LogP contribution in [0.1, 0.15) is 90.3 Å². The smallest absolute Gasteiger partial charge is 0.343 e. The number of hydrogen-bond donors (Lipinski definition) is 0. The van der Waals surface area contributed by atoms with Gasteiger partial charge in [0, 0.05) is 29.9 Å². The van der Waals surface area contributed by atoms with Crippen molar-refractivity contribution in [1.82, 2.24) is 0 Å². The molecular formula is C42H46O10. The van der Waals surface area contributed by atoms with Gasteiger partial charge in [0.25, 0.3) is 0 Å². The van der Waals surface area contributed by atoms with Crippen LogP contribution in [-0.2, 0) is 40.6 Å². The summed E-state index contributed by atoms with van der Waals surface area (Å²) in [6.45, 7) is 11.2. The Morgan fingerprint density at radius 2 is 1.37 bits per heavy atom. The summed E-state index contributed by atoms with van der Waals surface area (Å²) in [6, 6.07) is 19.1. The fraction of sp³-hybridized carbons (Fsp3) is 0.333. The Labute approximate surface area is 305 Å². The summed E-state index contributed by atoms with van der Waals surface area (Å²) in [6.07, 6.45) is 9.42. The molecule has 0 saturated carbocycles. The molecule has 0 saturated heterocycles. The Morgan fingerprint density at radius 3 is 2.04 bits per heavy atom. The van der Waals surface area contributed by atoms with Gasteiger partial charge in [0.05, 0.1) is 37.6 Å². The van der Waals surface area contributed by atoms with E-state index in [1.807, 2.05) is 24.3 Å². The fourth-order valence-corrected chi connectivity index (χ4v) is 5.40. The number of allylic oxidation sites excluding steroid dienone is 2. The Balaban J connectivity index is 1.30. The highest BCUT2D eigenvalue weighted by molar-refractivity contribution is 5.94. The van der Waals surface area contributed by atoms with Crippen LogP contribution in [0.3, 0.4) is 0 Å². The largest absolute Gasteiger partial charge is 0.494 e. The van der Waals surface area contributed by atoms with E-state index in [1.54, 1.807) is 61.5 Å². The zero-order valence-corrected chi connectivity index (χ0v) is 30.0. The van der Waals surface area contributed by atoms with Crippen LogP contribution in [0.15, 0.2) is 97.6 Å². The van der Waals surface area contributed by atoms with Gasteiger partial charge in [-0.1, -0.05) is 50.8 Å². The summed E-state index contributed by atoms with van der Waals surface area (Å²) >= 11 is 0. The number of hydrogen-bond acceptors (Lipinski definition) is 10. The molecule has 3 aromatic carbocycles. The van der Waals surface area contributed by atoms with E-state index in [2.05, 4.69) is 20.4 Å². The van der Waals surface area contributed by atoms with Gasteiger partial charge in [-0.25, -0.2) is 19.2 Å². The average Bonchev–Trinajstić information content (AvgIpc) is 3.14. The summed E-state index contributed by atoms with van der Waals surface area (Å²) in [5.74, 6) is -0.419. The van der Waals surface area contributed by atoms with Gasteiger partial charge in [-0.2, -0.15) is 0 Å². The highest BCUT2D eigenvalue weighted by atomic mass is 16.5. The molecule has 0 spiro atoms. The number of rotatable bonds is 19. The van der Waals surface area contributed by atoms with Crippen molar-refractivity contribution in [2.75, 3.05) is 26.4 Å². The minimum Gasteiger partial charge on any atom is -0.494 e. The molecule has 1 aliphatic carbocycles. The lowest BCUT2D eigenvalue weighted by Crippen LogP contribution is -2.25. The first-order valence-electron chi connectivity index (χ1n) is 17.4. The average molecular weight is 711 g/mol. The van der Waals surface area contributed by atoms with Crippen LogP contribution in [0.4, 0.5) is 0 Å². The van der Waals surface area contributed by atoms with Gasteiger partial charge in [-0.3, -0.25) is 0 Å². The first kappa shape index (κ1) is 39.3. The van der Waals surface area contributed by atoms with Crippen molar-refractivity contribution in [2.24, 2.45) is 0 Å². The van der Waals surface area contributed by atoms with E-state index >= 15 is 0 Å². The van der Waals surface area contributed by atoms with Gasteiger partial charge in [-0.15, -0.1) is 0 Å². The number of ether oxygens (including phenoxy) is 6. The maximum absolute atomic E-state index is 13.2. The molecule has 0 aliphatic heterocycles. The molecule has 0 atom stereocenters. The molecule has 10 nitrogen and oxygen atoms in total. The summed E-state index contributed by atoms with van der Waals surface area (Å²) < 4.78 is 33.3. The van der Waals surface area contributed by atoms with Gasteiger partial charge >= 0.3 is 23.9 Å². The number of unbranched alkanes of at least 4 members (excludes halogenated alkanes) is 2. The number of carbonyl (C=O) groups excluding carboxylic acids is 4. The van der Waals surface area contributed by atoms with E-state index < -0.39 is 23.3 Å². The first-order valence-corrected chi connectivity index (χ1v) is 17.4. The second kappa shape index (κ2) is 19.8. The molecule has 1 aliphatic rings. The number of benzene rings is 3. The third kappa shape index (κ3) is 11.8. The van der Waals surface area contributed by atoms with Crippen LogP contribution < -0.4 is 9.47 Å². The topological polar surface area (TPSA) is 124 Å². The predicted molar refractivity (Wildman–Crippen MR) is 196 cm³/mol. The van der Waals surface area contributed by atoms with E-state index in [0.29, 0.717) is 92.7 Å². The van der Waals surface area contributed by atoms with E-state index in [4.69, 9.17) is 28.4 Å². The van der Waals surface area contributed by atoms with Crippen LogP contribution in [0.25, 0.3) is 5.76 Å². The van der Waals surface area contributed by atoms with E-state index in [0.717, 1.165) is 23.6 Å². The second-order valence-corrected chi connectivity index (χ2v) is 12.7. The monoisotopic (exact) mass is 710 g/mol. The van der Waals surface area contributed by atoms with Crippen LogP contribution in [0.5, 0.6) is 11.5 Å². The highest BCUT2D eigenvalue weighted by Crippen LogP contribution is 2.44. The molecule has 0 fully saturated rings. The summed E-state index contributed by atoms with van der Waals surface area (Å²) in [5.41, 5.74) is 2.71. The van der Waals surface area contributed by atoms with Crippen molar-refractivity contribution in [3.8, 4) is 11.5 Å². The predicted octanol–water partition coefficient (Wildman–Crippen LogP) is 8.09. The molecule has 0 N–H and O–H groups in total. The molecule has 0 radical (unpaired) electrons.